The van der Waals surface area contributed by atoms with Crippen molar-refractivity contribution in [3.63, 3.8) is 0 Å². The number of amides is 1. The summed E-state index contributed by atoms with van der Waals surface area (Å²) in [6.07, 6.45) is 2.24. The number of piperidine rings is 2. The molecule has 0 unspecified atom stereocenters. The lowest BCUT2D eigenvalue weighted by atomic mass is 9.72. The minimum atomic E-state index is -5.08. The van der Waals surface area contributed by atoms with Crippen molar-refractivity contribution >= 4 is 11.9 Å². The second-order valence-electron chi connectivity index (χ2n) is 9.20. The van der Waals surface area contributed by atoms with Crippen LogP contribution in [0, 0.1) is 18.3 Å². The Morgan fingerprint density at radius 2 is 1.65 bits per heavy atom. The first-order valence-electron chi connectivity index (χ1n) is 10.9. The molecule has 4 rings (SSSR count). The second-order valence-corrected chi connectivity index (χ2v) is 9.20. The Morgan fingerprint density at radius 3 is 2.16 bits per heavy atom. The smallest absolute Gasteiger partial charge is 0.475 e. The van der Waals surface area contributed by atoms with E-state index in [1.165, 1.54) is 49.9 Å². The van der Waals surface area contributed by atoms with Crippen LogP contribution in [-0.2, 0) is 16.1 Å². The fourth-order valence-electron chi connectivity index (χ4n) is 4.59. The van der Waals surface area contributed by atoms with Crippen LogP contribution in [0.5, 0.6) is 0 Å². The molecule has 1 amide bonds. The summed E-state index contributed by atoms with van der Waals surface area (Å²) in [5, 5.41) is 7.12. The molecule has 0 bridgehead atoms. The molecule has 172 valence electrons. The van der Waals surface area contributed by atoms with Crippen LogP contribution in [0.1, 0.15) is 49.7 Å². The van der Waals surface area contributed by atoms with Crippen molar-refractivity contribution in [3.05, 3.63) is 35.4 Å². The first kappa shape index (κ1) is 23.6. The van der Waals surface area contributed by atoms with Gasteiger partial charge < -0.3 is 10.0 Å². The fraction of sp³-hybridized carbons (Fsp3) is 0.652. The highest BCUT2D eigenvalue weighted by Crippen LogP contribution is 2.41. The van der Waals surface area contributed by atoms with E-state index in [0.29, 0.717) is 17.2 Å². The van der Waals surface area contributed by atoms with Gasteiger partial charge in [0.05, 0.1) is 0 Å². The summed E-state index contributed by atoms with van der Waals surface area (Å²) in [4.78, 5) is 26.0. The van der Waals surface area contributed by atoms with Crippen LogP contribution in [0.15, 0.2) is 24.3 Å². The molecule has 0 aromatic heterocycles. The van der Waals surface area contributed by atoms with Crippen molar-refractivity contribution in [2.45, 2.75) is 58.2 Å². The van der Waals surface area contributed by atoms with Gasteiger partial charge in [0.2, 0.25) is 5.91 Å². The molecule has 1 aromatic carbocycles. The summed E-state index contributed by atoms with van der Waals surface area (Å²) in [5.41, 5.74) is 3.23. The van der Waals surface area contributed by atoms with Gasteiger partial charge in [0.1, 0.15) is 0 Å². The molecule has 2 aliphatic heterocycles. The number of alkyl halides is 3. The van der Waals surface area contributed by atoms with Crippen molar-refractivity contribution in [1.82, 2.24) is 9.80 Å². The van der Waals surface area contributed by atoms with E-state index < -0.39 is 12.1 Å². The van der Waals surface area contributed by atoms with Crippen LogP contribution < -0.4 is 0 Å². The highest BCUT2D eigenvalue weighted by Gasteiger charge is 2.41. The number of aliphatic carboxylic acids is 1. The van der Waals surface area contributed by atoms with Crippen LogP contribution in [0.3, 0.4) is 0 Å². The molecule has 1 N–H and O–H groups in total. The topological polar surface area (TPSA) is 60.9 Å². The van der Waals surface area contributed by atoms with E-state index in [9.17, 15) is 18.0 Å². The molecule has 8 heteroatoms. The van der Waals surface area contributed by atoms with Crippen LogP contribution >= 0.6 is 0 Å². The van der Waals surface area contributed by atoms with Gasteiger partial charge in [0.15, 0.2) is 0 Å². The Kier molecular flexibility index (Phi) is 7.29. The molecule has 1 spiro atoms. The number of hydrogen-bond donors (Lipinski definition) is 1. The SMILES string of the molecule is Cc1ccc(CN2CCCC3(CCN(C(=O)C4CC4)CC3)C2)cc1.O=C(O)C(F)(F)F. The lowest BCUT2D eigenvalue weighted by Crippen LogP contribution is -2.50. The van der Waals surface area contributed by atoms with E-state index in [0.717, 1.165) is 32.5 Å². The summed E-state index contributed by atoms with van der Waals surface area (Å²) >= 11 is 0. The van der Waals surface area contributed by atoms with Gasteiger partial charge in [-0.1, -0.05) is 29.8 Å². The number of likely N-dealkylation sites (tertiary alicyclic amines) is 2. The maximum absolute atomic E-state index is 12.3. The lowest BCUT2D eigenvalue weighted by Gasteiger charge is -2.48. The monoisotopic (exact) mass is 440 g/mol. The predicted molar refractivity (Wildman–Crippen MR) is 110 cm³/mol. The van der Waals surface area contributed by atoms with Crippen molar-refractivity contribution in [1.29, 1.82) is 0 Å². The van der Waals surface area contributed by atoms with E-state index in [1.807, 2.05) is 0 Å². The maximum atomic E-state index is 12.3. The molecule has 3 fully saturated rings. The number of rotatable bonds is 3. The third kappa shape index (κ3) is 6.69. The molecule has 5 nitrogen and oxygen atoms in total. The van der Waals surface area contributed by atoms with E-state index in [2.05, 4.69) is 41.0 Å². The number of carboxylic acid groups (broad SMARTS) is 1. The summed E-state index contributed by atoms with van der Waals surface area (Å²) < 4.78 is 31.7. The predicted octanol–water partition coefficient (Wildman–Crippen LogP) is 4.24. The zero-order valence-corrected chi connectivity index (χ0v) is 18.0. The second kappa shape index (κ2) is 9.59. The van der Waals surface area contributed by atoms with Gasteiger partial charge in [0.25, 0.3) is 0 Å². The molecule has 1 aromatic rings. The Labute approximate surface area is 181 Å². The highest BCUT2D eigenvalue weighted by molar-refractivity contribution is 5.81. The number of carbonyl (C=O) groups excluding carboxylic acids is 1. The third-order valence-electron chi connectivity index (χ3n) is 6.57. The van der Waals surface area contributed by atoms with Crippen LogP contribution in [-0.4, -0.2) is 59.1 Å². The Hall–Kier alpha value is -2.09. The van der Waals surface area contributed by atoms with Gasteiger partial charge >= 0.3 is 12.1 Å². The fourth-order valence-corrected chi connectivity index (χ4v) is 4.59. The Bertz CT molecular complexity index is 767. The number of benzene rings is 1. The van der Waals surface area contributed by atoms with E-state index in [-0.39, 0.29) is 0 Å². The van der Waals surface area contributed by atoms with E-state index >= 15 is 0 Å². The highest BCUT2D eigenvalue weighted by atomic mass is 19.4. The number of nitrogens with zero attached hydrogens (tertiary/aromatic N) is 2. The normalized spacial score (nSPS) is 21.4. The van der Waals surface area contributed by atoms with E-state index in [1.54, 1.807) is 0 Å². The van der Waals surface area contributed by atoms with Gasteiger partial charge in [-0.3, -0.25) is 9.69 Å². The maximum Gasteiger partial charge on any atom is 0.490 e. The molecule has 1 saturated carbocycles. The number of carbonyl (C=O) groups is 2. The van der Waals surface area contributed by atoms with Crippen molar-refractivity contribution in [3.8, 4) is 0 Å². The first-order chi connectivity index (χ1) is 14.6. The molecule has 1 aliphatic carbocycles. The average Bonchev–Trinajstić information content (AvgIpc) is 3.55. The zero-order valence-electron chi connectivity index (χ0n) is 18.0. The number of halogens is 3. The van der Waals surface area contributed by atoms with E-state index in [4.69, 9.17) is 9.90 Å². The van der Waals surface area contributed by atoms with Crippen LogP contribution in [0.4, 0.5) is 13.2 Å². The Morgan fingerprint density at radius 1 is 1.06 bits per heavy atom. The molecule has 0 radical (unpaired) electrons. The number of carboxylic acids is 1. The van der Waals surface area contributed by atoms with Gasteiger partial charge in [-0.25, -0.2) is 4.79 Å². The van der Waals surface area contributed by atoms with Gasteiger partial charge in [-0.2, -0.15) is 13.2 Å². The van der Waals surface area contributed by atoms with Crippen molar-refractivity contribution in [2.75, 3.05) is 26.2 Å². The molecule has 31 heavy (non-hydrogen) atoms. The van der Waals surface area contributed by atoms with Crippen molar-refractivity contribution in [2.24, 2.45) is 11.3 Å². The quantitative estimate of drug-likeness (QED) is 0.764. The number of aryl methyl sites for hydroxylation is 1. The van der Waals surface area contributed by atoms with Crippen molar-refractivity contribution < 1.29 is 27.9 Å². The minimum absolute atomic E-state index is 0.378. The summed E-state index contributed by atoms with van der Waals surface area (Å²) in [7, 11) is 0. The molecular formula is C23H31F3N2O3. The summed E-state index contributed by atoms with van der Waals surface area (Å²) in [5.74, 6) is -1.94. The molecule has 0 atom stereocenters. The lowest BCUT2D eigenvalue weighted by molar-refractivity contribution is -0.192. The summed E-state index contributed by atoms with van der Waals surface area (Å²) in [6, 6.07) is 8.98. The van der Waals surface area contributed by atoms with Gasteiger partial charge in [0, 0.05) is 32.1 Å². The minimum Gasteiger partial charge on any atom is -0.475 e. The largest absolute Gasteiger partial charge is 0.490 e. The van der Waals surface area contributed by atoms with Gasteiger partial charge in [-0.15, -0.1) is 0 Å². The van der Waals surface area contributed by atoms with Crippen LogP contribution in [0.25, 0.3) is 0 Å². The summed E-state index contributed by atoms with van der Waals surface area (Å²) in [6.45, 7) is 7.65. The molecule has 3 aliphatic rings. The first-order valence-corrected chi connectivity index (χ1v) is 10.9. The Balaban J connectivity index is 0.000000339. The standard InChI is InChI=1S/C21H30N2O.C2HF3O2/c1-17-3-5-18(6-4-17)15-22-12-2-9-21(16-22)10-13-23(14-11-21)20(24)19-7-8-19;3-2(4,5)1(6)7/h3-6,19H,2,7-16H2,1H3;(H,6,7). The molecule has 2 heterocycles. The third-order valence-corrected chi connectivity index (χ3v) is 6.57. The van der Waals surface area contributed by atoms with Crippen LogP contribution in [0.2, 0.25) is 0 Å². The molecular weight excluding hydrogens is 409 g/mol. The molecule has 2 saturated heterocycles. The number of hydrogen-bond acceptors (Lipinski definition) is 3. The van der Waals surface area contributed by atoms with Gasteiger partial charge in [-0.05, 0) is 63.0 Å². The zero-order chi connectivity index (χ0) is 22.6. The average molecular weight is 441 g/mol.